The number of allylic oxidation sites excluding steroid dienone is 2. The van der Waals surface area contributed by atoms with Crippen LogP contribution in [0.2, 0.25) is 0 Å². The average Bonchev–Trinajstić information content (AvgIpc) is 3.50. The van der Waals surface area contributed by atoms with Crippen LogP contribution in [0.25, 0.3) is 5.57 Å². The van der Waals surface area contributed by atoms with Crippen LogP contribution >= 0.6 is 0 Å². The first kappa shape index (κ1) is 31.4. The van der Waals surface area contributed by atoms with Crippen molar-refractivity contribution in [3.63, 3.8) is 0 Å². The van der Waals surface area contributed by atoms with Crippen LogP contribution in [0.3, 0.4) is 0 Å². The Morgan fingerprint density at radius 1 is 0.826 bits per heavy atom. The third kappa shape index (κ3) is 4.58. The fraction of sp³-hybridized carbons (Fsp3) is 0.585. The zero-order valence-electron chi connectivity index (χ0n) is 28.1. The molecule has 2 aromatic rings. The van der Waals surface area contributed by atoms with Gasteiger partial charge in [0.1, 0.15) is 12.3 Å². The van der Waals surface area contributed by atoms with Gasteiger partial charge in [0.05, 0.1) is 11.0 Å². The monoisotopic (exact) mass is 621 g/mol. The van der Waals surface area contributed by atoms with Gasteiger partial charge in [0.2, 0.25) is 5.91 Å². The second kappa shape index (κ2) is 11.2. The summed E-state index contributed by atoms with van der Waals surface area (Å²) < 4.78 is 0. The van der Waals surface area contributed by atoms with Crippen LogP contribution in [0.5, 0.6) is 0 Å². The van der Waals surface area contributed by atoms with E-state index in [4.69, 9.17) is 0 Å². The Bertz CT molecular complexity index is 1540. The van der Waals surface area contributed by atoms with E-state index in [-0.39, 0.29) is 27.6 Å². The van der Waals surface area contributed by atoms with Gasteiger partial charge in [0.25, 0.3) is 0 Å². The summed E-state index contributed by atoms with van der Waals surface area (Å²) in [6.07, 6.45) is 14.6. The van der Waals surface area contributed by atoms with Crippen molar-refractivity contribution in [3.05, 3.63) is 77.4 Å². The van der Waals surface area contributed by atoms with Crippen LogP contribution < -0.4 is 5.32 Å². The molecule has 46 heavy (non-hydrogen) atoms. The first-order valence-corrected chi connectivity index (χ1v) is 17.8. The van der Waals surface area contributed by atoms with Crippen molar-refractivity contribution in [1.29, 1.82) is 0 Å². The predicted octanol–water partition coefficient (Wildman–Crippen LogP) is 8.90. The molecular weight excluding hydrogens is 570 g/mol. The number of hydrogen-bond acceptors (Lipinski definition) is 3. The molecule has 5 aliphatic carbocycles. The summed E-state index contributed by atoms with van der Waals surface area (Å²) in [4.78, 5) is 37.8. The molecule has 0 aliphatic heterocycles. The van der Waals surface area contributed by atoms with Gasteiger partial charge in [-0.15, -0.1) is 0 Å². The van der Waals surface area contributed by atoms with E-state index < -0.39 is 12.0 Å². The summed E-state index contributed by atoms with van der Waals surface area (Å²) >= 11 is 0. The molecule has 9 atom stereocenters. The topological polar surface area (TPSA) is 83.5 Å². The number of nitrogens with one attached hydrogen (secondary N) is 1. The van der Waals surface area contributed by atoms with Crippen LogP contribution in [0, 0.1) is 51.2 Å². The molecule has 2 N–H and O–H groups in total. The Kier molecular flexibility index (Phi) is 7.64. The van der Waals surface area contributed by atoms with Crippen LogP contribution in [-0.4, -0.2) is 23.3 Å². The molecule has 0 saturated heterocycles. The largest absolute Gasteiger partial charge is 0.478 e. The third-order valence-electron chi connectivity index (χ3n) is 14.6. The van der Waals surface area contributed by atoms with Crippen LogP contribution in [-0.2, 0) is 9.59 Å². The van der Waals surface area contributed by atoms with Gasteiger partial charge in [0, 0.05) is 0 Å². The smallest absolute Gasteiger partial charge is 0.335 e. The zero-order valence-corrected chi connectivity index (χ0v) is 28.1. The molecule has 0 bridgehead atoms. The van der Waals surface area contributed by atoms with Crippen molar-refractivity contribution >= 4 is 23.7 Å². The minimum Gasteiger partial charge on any atom is -0.478 e. The maximum Gasteiger partial charge on any atom is 0.335 e. The Balaban J connectivity index is 1.14. The standard InChI is InChI=1S/C41H51NO4/c1-38(2)30(26-12-14-28(15-13-26)36(44)45)18-22-40(4)34(38)20-23-39(3)31-19-24-41(21-8-11-32(41)29(31)16-17-35(39)40)37(46)42-33(25-43)27-9-6-5-7-10-27/h5-7,9-10,12-15,18,25,29,31-35H,8,11,16-17,19-24H2,1-4H3,(H,42,46)(H,44,45). The summed E-state index contributed by atoms with van der Waals surface area (Å²) in [5.41, 5.74) is 3.84. The van der Waals surface area contributed by atoms with Crippen molar-refractivity contribution in [3.8, 4) is 0 Å². The zero-order chi connectivity index (χ0) is 32.5. The number of aldehydes is 1. The van der Waals surface area contributed by atoms with E-state index in [1.54, 1.807) is 12.1 Å². The van der Waals surface area contributed by atoms with Gasteiger partial charge in [-0.1, -0.05) is 82.7 Å². The fourth-order valence-electron chi connectivity index (χ4n) is 12.6. The van der Waals surface area contributed by atoms with E-state index >= 15 is 0 Å². The number of benzene rings is 2. The van der Waals surface area contributed by atoms with E-state index in [1.807, 2.05) is 42.5 Å². The van der Waals surface area contributed by atoms with Crippen molar-refractivity contribution in [2.75, 3.05) is 0 Å². The number of amides is 1. The summed E-state index contributed by atoms with van der Waals surface area (Å²) in [7, 11) is 0. The molecule has 1 amide bonds. The molecule has 0 heterocycles. The van der Waals surface area contributed by atoms with Gasteiger partial charge in [0.15, 0.2) is 0 Å². The van der Waals surface area contributed by atoms with E-state index in [9.17, 15) is 19.5 Å². The number of aromatic carboxylic acids is 1. The highest BCUT2D eigenvalue weighted by Crippen LogP contribution is 2.73. The molecule has 2 aromatic carbocycles. The SMILES string of the molecule is CC1(C)C(c2ccc(C(=O)O)cc2)=CCC2(C)C1CCC1(C)C3CCC4(C(=O)NC(C=O)c5ccccc5)CCCC4C3CCC12. The number of rotatable bonds is 6. The maximum atomic E-state index is 14.2. The normalized spacial score (nSPS) is 38.2. The first-order chi connectivity index (χ1) is 22.0. The molecule has 0 radical (unpaired) electrons. The lowest BCUT2D eigenvalue weighted by Gasteiger charge is -2.68. The molecule has 0 aromatic heterocycles. The number of carbonyl (C=O) groups excluding carboxylic acids is 2. The molecule has 4 fully saturated rings. The number of fused-ring (bicyclic) bond motifs is 7. The Hall–Kier alpha value is -3.21. The van der Waals surface area contributed by atoms with Crippen molar-refractivity contribution in [1.82, 2.24) is 5.32 Å². The molecule has 9 unspecified atom stereocenters. The highest BCUT2D eigenvalue weighted by atomic mass is 16.4. The Morgan fingerprint density at radius 3 is 2.26 bits per heavy atom. The number of carbonyl (C=O) groups is 3. The number of hydrogen-bond donors (Lipinski definition) is 2. The lowest BCUT2D eigenvalue weighted by molar-refractivity contribution is -0.181. The summed E-state index contributed by atoms with van der Waals surface area (Å²) in [5, 5.41) is 12.6. The quantitative estimate of drug-likeness (QED) is 0.316. The maximum absolute atomic E-state index is 14.2. The van der Waals surface area contributed by atoms with Gasteiger partial charge < -0.3 is 15.2 Å². The van der Waals surface area contributed by atoms with Gasteiger partial charge >= 0.3 is 5.97 Å². The Labute approximate surface area is 274 Å². The molecule has 7 rings (SSSR count). The van der Waals surface area contributed by atoms with E-state index in [2.05, 4.69) is 39.1 Å². The van der Waals surface area contributed by atoms with E-state index in [0.717, 1.165) is 55.9 Å². The molecule has 4 saturated carbocycles. The van der Waals surface area contributed by atoms with Crippen molar-refractivity contribution in [2.24, 2.45) is 51.2 Å². The van der Waals surface area contributed by atoms with Gasteiger partial charge in [-0.3, -0.25) is 4.79 Å². The second-order valence-electron chi connectivity index (χ2n) is 16.6. The van der Waals surface area contributed by atoms with Crippen LogP contribution in [0.4, 0.5) is 0 Å². The lowest BCUT2D eigenvalue weighted by Crippen LogP contribution is -2.62. The highest BCUT2D eigenvalue weighted by molar-refractivity contribution is 5.88. The lowest BCUT2D eigenvalue weighted by atomic mass is 9.36. The van der Waals surface area contributed by atoms with E-state index in [1.165, 1.54) is 31.3 Å². The molecule has 5 heteroatoms. The fourth-order valence-corrected chi connectivity index (χ4v) is 12.6. The third-order valence-corrected chi connectivity index (χ3v) is 14.6. The highest BCUT2D eigenvalue weighted by Gasteiger charge is 2.66. The van der Waals surface area contributed by atoms with Crippen LogP contribution in [0.15, 0.2) is 60.7 Å². The minimum absolute atomic E-state index is 0.00491. The summed E-state index contributed by atoms with van der Waals surface area (Å²) in [5.74, 6) is 2.06. The Morgan fingerprint density at radius 2 is 1.57 bits per heavy atom. The average molecular weight is 622 g/mol. The number of carboxylic acids is 1. The van der Waals surface area contributed by atoms with Gasteiger partial charge in [-0.2, -0.15) is 0 Å². The minimum atomic E-state index is -0.881. The predicted molar refractivity (Wildman–Crippen MR) is 181 cm³/mol. The molecular formula is C41H51NO4. The summed E-state index contributed by atoms with van der Waals surface area (Å²) in [6, 6.07) is 16.6. The molecule has 5 aliphatic rings. The van der Waals surface area contributed by atoms with Gasteiger partial charge in [-0.25, -0.2) is 4.79 Å². The van der Waals surface area contributed by atoms with E-state index in [0.29, 0.717) is 35.2 Å². The molecule has 5 nitrogen and oxygen atoms in total. The molecule has 244 valence electrons. The number of carboxylic acid groups (broad SMARTS) is 1. The van der Waals surface area contributed by atoms with Crippen molar-refractivity contribution in [2.45, 2.75) is 97.9 Å². The first-order valence-electron chi connectivity index (χ1n) is 17.8. The van der Waals surface area contributed by atoms with Crippen LogP contribution in [0.1, 0.15) is 119 Å². The summed E-state index contributed by atoms with van der Waals surface area (Å²) in [6.45, 7) is 10.1. The second-order valence-corrected chi connectivity index (χ2v) is 16.6. The molecule has 0 spiro atoms. The van der Waals surface area contributed by atoms with Crippen molar-refractivity contribution < 1.29 is 19.5 Å². The van der Waals surface area contributed by atoms with Gasteiger partial charge in [-0.05, 0) is 132 Å².